The maximum atomic E-state index is 14.3. The van der Waals surface area contributed by atoms with E-state index in [2.05, 4.69) is 15.1 Å². The van der Waals surface area contributed by atoms with E-state index in [0.29, 0.717) is 35.8 Å². The highest BCUT2D eigenvalue weighted by atomic mass is 35.5. The lowest BCUT2D eigenvalue weighted by molar-refractivity contribution is -0.134. The van der Waals surface area contributed by atoms with Gasteiger partial charge in [0.05, 0.1) is 15.7 Å². The standard InChI is InChI=1S/C24H20ClFN6O3S/c25-16-2-1-3-17(26)22(16)20-10-18(31-35-20)19-13-36-23(30-19)14-5-8-32(9-6-14)21(33)12-34-24-28-7-4-15(11-27)29-24/h1-4,7,13-14,20H,5-6,8-10,12H2. The van der Waals surface area contributed by atoms with Crippen LogP contribution in [0.2, 0.25) is 5.02 Å². The van der Waals surface area contributed by atoms with Crippen LogP contribution in [0, 0.1) is 17.1 Å². The normalized spacial score (nSPS) is 17.9. The number of hydrogen-bond donors (Lipinski definition) is 0. The molecular weight excluding hydrogens is 507 g/mol. The van der Waals surface area contributed by atoms with Gasteiger partial charge < -0.3 is 14.5 Å². The summed E-state index contributed by atoms with van der Waals surface area (Å²) in [6.45, 7) is 0.978. The number of piperidine rings is 1. The summed E-state index contributed by atoms with van der Waals surface area (Å²) in [6.07, 6.45) is 2.77. The Morgan fingerprint density at radius 2 is 2.14 bits per heavy atom. The number of likely N-dealkylation sites (tertiary alicyclic amines) is 1. The molecule has 1 fully saturated rings. The summed E-state index contributed by atoms with van der Waals surface area (Å²) in [4.78, 5) is 32.4. The Hall–Kier alpha value is -3.62. The number of halogens is 2. The van der Waals surface area contributed by atoms with Gasteiger partial charge >= 0.3 is 6.01 Å². The van der Waals surface area contributed by atoms with Gasteiger partial charge in [-0.05, 0) is 31.0 Å². The lowest BCUT2D eigenvalue weighted by Gasteiger charge is -2.31. The summed E-state index contributed by atoms with van der Waals surface area (Å²) in [7, 11) is 0. The number of amides is 1. The van der Waals surface area contributed by atoms with Gasteiger partial charge in [0, 0.05) is 42.6 Å². The minimum atomic E-state index is -0.580. The summed E-state index contributed by atoms with van der Waals surface area (Å²) >= 11 is 7.72. The molecule has 1 amide bonds. The third-order valence-corrected chi connectivity index (χ3v) is 7.41. The van der Waals surface area contributed by atoms with Crippen LogP contribution in [0.15, 0.2) is 41.0 Å². The zero-order chi connectivity index (χ0) is 25.1. The third-order valence-electron chi connectivity index (χ3n) is 6.08. The first-order valence-corrected chi connectivity index (χ1v) is 12.5. The fourth-order valence-electron chi connectivity index (χ4n) is 4.18. The van der Waals surface area contributed by atoms with Gasteiger partial charge in [-0.2, -0.15) is 10.2 Å². The predicted octanol–water partition coefficient (Wildman–Crippen LogP) is 4.25. The van der Waals surface area contributed by atoms with Crippen LogP contribution >= 0.6 is 22.9 Å². The minimum absolute atomic E-state index is 0.00548. The summed E-state index contributed by atoms with van der Waals surface area (Å²) in [5, 5.41) is 16.3. The van der Waals surface area contributed by atoms with Crippen molar-refractivity contribution in [3.8, 4) is 12.1 Å². The highest BCUT2D eigenvalue weighted by Gasteiger charge is 2.31. The Morgan fingerprint density at radius 1 is 1.31 bits per heavy atom. The van der Waals surface area contributed by atoms with Crippen molar-refractivity contribution in [3.63, 3.8) is 0 Å². The van der Waals surface area contributed by atoms with Gasteiger partial charge in [0.1, 0.15) is 23.3 Å². The lowest BCUT2D eigenvalue weighted by Crippen LogP contribution is -2.40. The topological polar surface area (TPSA) is 114 Å². The number of rotatable bonds is 6. The van der Waals surface area contributed by atoms with Gasteiger partial charge in [-0.3, -0.25) is 4.79 Å². The van der Waals surface area contributed by atoms with Crippen molar-refractivity contribution in [2.75, 3.05) is 19.7 Å². The predicted molar refractivity (Wildman–Crippen MR) is 129 cm³/mol. The first-order chi connectivity index (χ1) is 17.5. The molecule has 1 aromatic carbocycles. The van der Waals surface area contributed by atoms with Crippen molar-refractivity contribution in [3.05, 3.63) is 68.6 Å². The molecule has 2 aliphatic heterocycles. The molecule has 1 atom stereocenters. The molecule has 2 aliphatic rings. The van der Waals surface area contributed by atoms with Crippen LogP contribution in [-0.2, 0) is 9.63 Å². The number of thiazole rings is 1. The zero-order valence-electron chi connectivity index (χ0n) is 18.9. The largest absolute Gasteiger partial charge is 0.453 e. The molecule has 3 aromatic rings. The number of carbonyl (C=O) groups excluding carboxylic acids is 1. The van der Waals surface area contributed by atoms with Crippen molar-refractivity contribution in [2.45, 2.75) is 31.3 Å². The van der Waals surface area contributed by atoms with Crippen molar-refractivity contribution in [1.82, 2.24) is 19.9 Å². The Kier molecular flexibility index (Phi) is 7.06. The molecule has 2 aromatic heterocycles. The molecule has 1 unspecified atom stereocenters. The summed E-state index contributed by atoms with van der Waals surface area (Å²) in [5.41, 5.74) is 1.86. The molecule has 0 bridgehead atoms. The Morgan fingerprint density at radius 3 is 2.92 bits per heavy atom. The highest BCUT2D eigenvalue weighted by molar-refractivity contribution is 7.10. The van der Waals surface area contributed by atoms with Gasteiger partial charge in [0.25, 0.3) is 5.91 Å². The Balaban J connectivity index is 1.13. The fourth-order valence-corrected chi connectivity index (χ4v) is 5.46. The summed E-state index contributed by atoms with van der Waals surface area (Å²) in [6, 6.07) is 7.92. The van der Waals surface area contributed by atoms with E-state index >= 15 is 0 Å². The number of ether oxygens (including phenoxy) is 1. The van der Waals surface area contributed by atoms with E-state index in [0.717, 1.165) is 23.5 Å². The summed E-state index contributed by atoms with van der Waals surface area (Å²) < 4.78 is 19.6. The molecule has 0 aliphatic carbocycles. The van der Waals surface area contributed by atoms with E-state index < -0.39 is 11.9 Å². The monoisotopic (exact) mass is 526 g/mol. The number of nitrogens with zero attached hydrogens (tertiary/aromatic N) is 6. The van der Waals surface area contributed by atoms with Gasteiger partial charge in [-0.25, -0.2) is 14.4 Å². The molecule has 5 rings (SSSR count). The molecule has 12 heteroatoms. The van der Waals surface area contributed by atoms with E-state index in [1.165, 1.54) is 18.3 Å². The second-order valence-electron chi connectivity index (χ2n) is 8.32. The minimum Gasteiger partial charge on any atom is -0.453 e. The van der Waals surface area contributed by atoms with E-state index in [-0.39, 0.29) is 30.1 Å². The Bertz CT molecular complexity index is 1330. The molecule has 184 valence electrons. The maximum Gasteiger partial charge on any atom is 0.318 e. The SMILES string of the molecule is N#Cc1ccnc(OCC(=O)N2CCC(c3nc(C4=NOC(c5c(F)cccc5Cl)C4)cs3)CC2)n1. The second-order valence-corrected chi connectivity index (χ2v) is 9.62. The third kappa shape index (κ3) is 5.15. The van der Waals surface area contributed by atoms with Gasteiger partial charge in [-0.1, -0.05) is 22.8 Å². The highest BCUT2D eigenvalue weighted by Crippen LogP contribution is 2.36. The molecule has 0 spiro atoms. The summed E-state index contributed by atoms with van der Waals surface area (Å²) in [5.74, 6) is -0.350. The zero-order valence-corrected chi connectivity index (χ0v) is 20.5. The first kappa shape index (κ1) is 24.1. The molecule has 36 heavy (non-hydrogen) atoms. The molecular formula is C24H20ClFN6O3S. The van der Waals surface area contributed by atoms with E-state index in [1.807, 2.05) is 11.4 Å². The molecule has 0 radical (unpaired) electrons. The van der Waals surface area contributed by atoms with Crippen LogP contribution in [0.5, 0.6) is 6.01 Å². The van der Waals surface area contributed by atoms with E-state index in [9.17, 15) is 9.18 Å². The van der Waals surface area contributed by atoms with Crippen LogP contribution in [0.3, 0.4) is 0 Å². The maximum absolute atomic E-state index is 14.3. The number of nitriles is 1. The number of carbonyl (C=O) groups is 1. The quantitative estimate of drug-likeness (QED) is 0.471. The average Bonchev–Trinajstić information content (AvgIpc) is 3.58. The Labute approximate surface area is 215 Å². The molecule has 9 nitrogen and oxygen atoms in total. The van der Waals surface area contributed by atoms with Crippen LogP contribution in [0.4, 0.5) is 4.39 Å². The number of aromatic nitrogens is 3. The van der Waals surface area contributed by atoms with Crippen LogP contribution in [0.1, 0.15) is 53.2 Å². The number of oxime groups is 1. The van der Waals surface area contributed by atoms with Gasteiger partial charge in [-0.15, -0.1) is 11.3 Å². The number of benzene rings is 1. The molecule has 1 saturated heterocycles. The van der Waals surface area contributed by atoms with Crippen molar-refractivity contribution < 1.29 is 18.8 Å². The van der Waals surface area contributed by atoms with E-state index in [4.69, 9.17) is 31.4 Å². The van der Waals surface area contributed by atoms with Crippen molar-refractivity contribution in [2.24, 2.45) is 5.16 Å². The fraction of sp³-hybridized carbons (Fsp3) is 0.333. The molecule has 0 N–H and O–H groups in total. The lowest BCUT2D eigenvalue weighted by atomic mass is 9.97. The van der Waals surface area contributed by atoms with Crippen LogP contribution in [0.25, 0.3) is 0 Å². The van der Waals surface area contributed by atoms with Crippen LogP contribution in [-0.4, -0.2) is 51.2 Å². The van der Waals surface area contributed by atoms with Crippen molar-refractivity contribution in [1.29, 1.82) is 5.26 Å². The average molecular weight is 527 g/mol. The number of hydrogen-bond acceptors (Lipinski definition) is 9. The van der Waals surface area contributed by atoms with Crippen molar-refractivity contribution >= 4 is 34.6 Å². The van der Waals surface area contributed by atoms with Gasteiger partial charge in [0.15, 0.2) is 12.7 Å². The second kappa shape index (κ2) is 10.6. The molecule has 4 heterocycles. The van der Waals surface area contributed by atoms with Gasteiger partial charge in [0.2, 0.25) is 0 Å². The van der Waals surface area contributed by atoms with E-state index in [1.54, 1.807) is 28.4 Å². The first-order valence-electron chi connectivity index (χ1n) is 11.3. The van der Waals surface area contributed by atoms with Crippen LogP contribution < -0.4 is 4.74 Å². The molecule has 0 saturated carbocycles. The smallest absolute Gasteiger partial charge is 0.318 e.